The maximum atomic E-state index is 14.2. The van der Waals surface area contributed by atoms with Gasteiger partial charge in [-0.2, -0.15) is 0 Å². The number of fused-ring (bicyclic) bond motifs is 1. The number of rotatable bonds is 3. The Morgan fingerprint density at radius 3 is 2.50 bits per heavy atom. The van der Waals surface area contributed by atoms with Crippen LogP contribution in [0.4, 0.5) is 13.2 Å². The van der Waals surface area contributed by atoms with Crippen LogP contribution in [0.15, 0.2) is 54.6 Å². The topological polar surface area (TPSA) is 61.5 Å². The van der Waals surface area contributed by atoms with E-state index in [-0.39, 0.29) is 5.56 Å². The van der Waals surface area contributed by atoms with E-state index in [4.69, 9.17) is 15.2 Å². The first-order valence-corrected chi connectivity index (χ1v) is 9.25. The first-order valence-electron chi connectivity index (χ1n) is 9.25. The van der Waals surface area contributed by atoms with Crippen LogP contribution in [0.1, 0.15) is 27.6 Å². The summed E-state index contributed by atoms with van der Waals surface area (Å²) in [6.07, 6.45) is -0.593. The molecular formula is C23H18F3NO3. The lowest BCUT2D eigenvalue weighted by atomic mass is 9.91. The number of ether oxygens (including phenoxy) is 2. The van der Waals surface area contributed by atoms with E-state index >= 15 is 0 Å². The molecule has 0 bridgehead atoms. The highest BCUT2D eigenvalue weighted by atomic mass is 19.2. The van der Waals surface area contributed by atoms with Gasteiger partial charge in [-0.05, 0) is 53.4 Å². The van der Waals surface area contributed by atoms with Gasteiger partial charge >= 0.3 is 5.97 Å². The number of halogens is 3. The predicted molar refractivity (Wildman–Crippen MR) is 105 cm³/mol. The van der Waals surface area contributed by atoms with E-state index in [2.05, 4.69) is 0 Å². The zero-order valence-corrected chi connectivity index (χ0v) is 16.0. The Kier molecular flexibility index (Phi) is 5.22. The van der Waals surface area contributed by atoms with Gasteiger partial charge in [0.15, 0.2) is 11.6 Å². The van der Waals surface area contributed by atoms with E-state index in [0.29, 0.717) is 23.8 Å². The predicted octanol–water partition coefficient (Wildman–Crippen LogP) is 4.56. The summed E-state index contributed by atoms with van der Waals surface area (Å²) in [5, 5.41) is 0. The van der Waals surface area contributed by atoms with Crippen LogP contribution in [0.25, 0.3) is 11.1 Å². The van der Waals surface area contributed by atoms with Crippen LogP contribution < -0.4 is 10.5 Å². The first kappa shape index (κ1) is 20.0. The fourth-order valence-electron chi connectivity index (χ4n) is 3.61. The summed E-state index contributed by atoms with van der Waals surface area (Å²) in [5.74, 6) is -3.28. The van der Waals surface area contributed by atoms with Gasteiger partial charge in [0.2, 0.25) is 0 Å². The molecule has 0 saturated carbocycles. The summed E-state index contributed by atoms with van der Waals surface area (Å²) in [6, 6.07) is 13.0. The van der Waals surface area contributed by atoms with E-state index in [1.165, 1.54) is 7.11 Å². The van der Waals surface area contributed by atoms with Gasteiger partial charge in [0.05, 0.1) is 18.7 Å². The van der Waals surface area contributed by atoms with Gasteiger partial charge in [-0.1, -0.05) is 18.2 Å². The molecule has 4 rings (SSSR count). The van der Waals surface area contributed by atoms with Crippen molar-refractivity contribution < 1.29 is 27.4 Å². The van der Waals surface area contributed by atoms with Crippen LogP contribution in [-0.4, -0.2) is 19.1 Å². The first-order chi connectivity index (χ1) is 14.4. The van der Waals surface area contributed by atoms with E-state index < -0.39 is 35.6 Å². The molecule has 0 amide bonds. The van der Waals surface area contributed by atoms with E-state index in [9.17, 15) is 18.0 Å². The summed E-state index contributed by atoms with van der Waals surface area (Å²) >= 11 is 0. The van der Waals surface area contributed by atoms with Gasteiger partial charge in [0.25, 0.3) is 0 Å². The van der Waals surface area contributed by atoms with Crippen LogP contribution in [0, 0.1) is 17.5 Å². The van der Waals surface area contributed by atoms with E-state index in [1.807, 2.05) is 12.1 Å². The van der Waals surface area contributed by atoms with E-state index in [1.54, 1.807) is 30.3 Å². The largest absolute Gasteiger partial charge is 0.484 e. The van der Waals surface area contributed by atoms with Crippen LogP contribution in [0.3, 0.4) is 0 Å². The highest BCUT2D eigenvalue weighted by Crippen LogP contribution is 2.38. The zero-order valence-electron chi connectivity index (χ0n) is 16.0. The summed E-state index contributed by atoms with van der Waals surface area (Å²) in [7, 11) is 1.32. The molecular weight excluding hydrogens is 395 g/mol. The second-order valence-electron chi connectivity index (χ2n) is 7.09. The van der Waals surface area contributed by atoms with Crippen molar-refractivity contribution in [1.82, 2.24) is 0 Å². The Bertz CT molecular complexity index is 1130. The molecule has 30 heavy (non-hydrogen) atoms. The maximum Gasteiger partial charge on any atom is 0.337 e. The molecule has 4 nitrogen and oxygen atoms in total. The fourth-order valence-corrected chi connectivity index (χ4v) is 3.61. The SMILES string of the molecule is COC(=O)c1cccc(-c2ccc3c(c2)CC(N)C(c2cc(F)c(F)cc2F)O3)c1. The molecule has 3 aromatic carbocycles. The lowest BCUT2D eigenvalue weighted by molar-refractivity contribution is 0.0601. The molecule has 154 valence electrons. The van der Waals surface area contributed by atoms with Crippen molar-refractivity contribution in [2.45, 2.75) is 18.6 Å². The Balaban J connectivity index is 1.66. The van der Waals surface area contributed by atoms with Crippen molar-refractivity contribution in [1.29, 1.82) is 0 Å². The number of benzene rings is 3. The van der Waals surface area contributed by atoms with Crippen molar-refractivity contribution >= 4 is 5.97 Å². The molecule has 1 aliphatic rings. The number of esters is 1. The molecule has 2 N–H and O–H groups in total. The number of hydrogen-bond donors (Lipinski definition) is 1. The maximum absolute atomic E-state index is 14.2. The normalized spacial score (nSPS) is 17.8. The molecule has 0 aromatic heterocycles. The standard InChI is InChI=1S/C23H18F3NO3/c1-29-23(28)14-4-2-3-12(7-14)13-5-6-21-15(8-13)9-20(27)22(30-21)16-10-18(25)19(26)11-17(16)24/h2-8,10-11,20,22H,9,27H2,1H3. The van der Waals surface area contributed by atoms with Crippen molar-refractivity contribution in [2.75, 3.05) is 7.11 Å². The Morgan fingerprint density at radius 2 is 1.73 bits per heavy atom. The van der Waals surface area contributed by atoms with Crippen molar-refractivity contribution in [3.05, 3.63) is 88.7 Å². The minimum atomic E-state index is -1.26. The summed E-state index contributed by atoms with van der Waals surface area (Å²) in [4.78, 5) is 11.8. The van der Waals surface area contributed by atoms with Crippen LogP contribution in [0.2, 0.25) is 0 Å². The van der Waals surface area contributed by atoms with Gasteiger partial charge in [-0.3, -0.25) is 0 Å². The van der Waals surface area contributed by atoms with Gasteiger partial charge in [0, 0.05) is 11.6 Å². The number of nitrogens with two attached hydrogens (primary N) is 1. The van der Waals surface area contributed by atoms with Crippen LogP contribution in [-0.2, 0) is 11.2 Å². The van der Waals surface area contributed by atoms with Gasteiger partial charge in [-0.25, -0.2) is 18.0 Å². The molecule has 2 unspecified atom stereocenters. The Morgan fingerprint density at radius 1 is 1.00 bits per heavy atom. The molecule has 0 fully saturated rings. The third-order valence-corrected chi connectivity index (χ3v) is 5.12. The van der Waals surface area contributed by atoms with Crippen molar-refractivity contribution in [3.8, 4) is 16.9 Å². The lowest BCUT2D eigenvalue weighted by Crippen LogP contribution is -2.38. The Hall–Kier alpha value is -3.32. The molecule has 0 spiro atoms. The van der Waals surface area contributed by atoms with Crippen molar-refractivity contribution in [2.24, 2.45) is 5.73 Å². The van der Waals surface area contributed by atoms with Gasteiger partial charge in [0.1, 0.15) is 17.7 Å². The molecule has 0 aliphatic carbocycles. The second-order valence-corrected chi connectivity index (χ2v) is 7.09. The van der Waals surface area contributed by atoms with Crippen molar-refractivity contribution in [3.63, 3.8) is 0 Å². The summed E-state index contributed by atoms with van der Waals surface area (Å²) < 4.78 is 51.7. The Labute approximate surface area is 171 Å². The fraction of sp³-hybridized carbons (Fsp3) is 0.174. The summed E-state index contributed by atoms with van der Waals surface area (Å²) in [6.45, 7) is 0. The van der Waals surface area contributed by atoms with Gasteiger partial charge < -0.3 is 15.2 Å². The van der Waals surface area contributed by atoms with Crippen LogP contribution >= 0.6 is 0 Å². The minimum absolute atomic E-state index is 0.123. The molecule has 1 aliphatic heterocycles. The number of methoxy groups -OCH3 is 1. The highest BCUT2D eigenvalue weighted by Gasteiger charge is 2.32. The third-order valence-electron chi connectivity index (χ3n) is 5.12. The molecule has 7 heteroatoms. The minimum Gasteiger partial charge on any atom is -0.484 e. The van der Waals surface area contributed by atoms with Gasteiger partial charge in [-0.15, -0.1) is 0 Å². The summed E-state index contributed by atoms with van der Waals surface area (Å²) in [5.41, 5.74) is 8.93. The third kappa shape index (κ3) is 3.64. The number of carbonyl (C=O) groups is 1. The second kappa shape index (κ2) is 7.84. The smallest absolute Gasteiger partial charge is 0.337 e. The molecule has 2 atom stereocenters. The highest BCUT2D eigenvalue weighted by molar-refractivity contribution is 5.91. The molecule has 0 radical (unpaired) electrons. The average Bonchev–Trinajstić information content (AvgIpc) is 2.75. The lowest BCUT2D eigenvalue weighted by Gasteiger charge is -2.32. The number of carbonyl (C=O) groups excluding carboxylic acids is 1. The zero-order chi connectivity index (χ0) is 21.4. The average molecular weight is 413 g/mol. The molecule has 0 saturated heterocycles. The molecule has 1 heterocycles. The molecule has 3 aromatic rings. The van der Waals surface area contributed by atoms with E-state index in [0.717, 1.165) is 22.8 Å². The quantitative estimate of drug-likeness (QED) is 0.505. The van der Waals surface area contributed by atoms with Crippen LogP contribution in [0.5, 0.6) is 5.75 Å². The monoisotopic (exact) mass is 413 g/mol. The number of hydrogen-bond acceptors (Lipinski definition) is 4.